The average Bonchev–Trinajstić information content (AvgIpc) is 2.83. The van der Waals surface area contributed by atoms with Gasteiger partial charge in [-0.1, -0.05) is 43.3 Å². The Morgan fingerprint density at radius 3 is 2.36 bits per heavy atom. The zero-order valence-electron chi connectivity index (χ0n) is 18.7. The van der Waals surface area contributed by atoms with Crippen LogP contribution >= 0.6 is 12.2 Å². The van der Waals surface area contributed by atoms with E-state index < -0.39 is 0 Å². The number of benzene rings is 3. The lowest BCUT2D eigenvalue weighted by Gasteiger charge is -2.18. The molecule has 0 atom stereocenters. The fourth-order valence-corrected chi connectivity index (χ4v) is 3.35. The maximum atomic E-state index is 12.8. The summed E-state index contributed by atoms with van der Waals surface area (Å²) >= 11 is 5.28. The van der Waals surface area contributed by atoms with Gasteiger partial charge in [-0.05, 0) is 66.7 Å². The van der Waals surface area contributed by atoms with E-state index in [1.807, 2.05) is 37.3 Å². The van der Waals surface area contributed by atoms with E-state index >= 15 is 0 Å². The summed E-state index contributed by atoms with van der Waals surface area (Å²) in [7, 11) is 1.76. The van der Waals surface area contributed by atoms with Crippen LogP contribution < -0.4 is 15.4 Å². The van der Waals surface area contributed by atoms with Crippen molar-refractivity contribution in [2.45, 2.75) is 19.9 Å². The zero-order chi connectivity index (χ0) is 23.6. The van der Waals surface area contributed by atoms with Crippen molar-refractivity contribution in [2.24, 2.45) is 0 Å². The first-order valence-corrected chi connectivity index (χ1v) is 11.1. The average molecular weight is 462 g/mol. The molecule has 0 aromatic heterocycles. The van der Waals surface area contributed by atoms with Gasteiger partial charge in [0.15, 0.2) is 5.11 Å². The SMILES string of the molecule is CCCOc1ccc(C(=O)NC(=S)Nc2cccc(C(=O)N(C)Cc3ccccc3)c2)cc1. The Labute approximate surface area is 199 Å². The van der Waals surface area contributed by atoms with Gasteiger partial charge in [0.05, 0.1) is 6.61 Å². The van der Waals surface area contributed by atoms with Crippen molar-refractivity contribution >= 4 is 34.8 Å². The van der Waals surface area contributed by atoms with Crippen LogP contribution in [0.25, 0.3) is 0 Å². The van der Waals surface area contributed by atoms with Gasteiger partial charge in [0.2, 0.25) is 0 Å². The molecule has 0 aliphatic rings. The van der Waals surface area contributed by atoms with Crippen molar-refractivity contribution < 1.29 is 14.3 Å². The molecular formula is C26H27N3O3S. The first-order chi connectivity index (χ1) is 16.0. The predicted molar refractivity (Wildman–Crippen MR) is 135 cm³/mol. The highest BCUT2D eigenvalue weighted by molar-refractivity contribution is 7.80. The maximum Gasteiger partial charge on any atom is 0.257 e. The minimum absolute atomic E-state index is 0.108. The van der Waals surface area contributed by atoms with Gasteiger partial charge in [-0.25, -0.2) is 0 Å². The molecule has 3 aromatic carbocycles. The van der Waals surface area contributed by atoms with Gasteiger partial charge < -0.3 is 15.0 Å². The number of amides is 2. The number of carbonyl (C=O) groups excluding carboxylic acids is 2. The molecule has 0 aliphatic carbocycles. The van der Waals surface area contributed by atoms with Gasteiger partial charge in [0.25, 0.3) is 11.8 Å². The molecule has 2 N–H and O–H groups in total. The third-order valence-corrected chi connectivity index (χ3v) is 5.00. The minimum Gasteiger partial charge on any atom is -0.494 e. The summed E-state index contributed by atoms with van der Waals surface area (Å²) in [5.41, 5.74) is 2.66. The lowest BCUT2D eigenvalue weighted by Crippen LogP contribution is -2.34. The van der Waals surface area contributed by atoms with Crippen LogP contribution in [0.1, 0.15) is 39.6 Å². The molecule has 0 heterocycles. The van der Waals surface area contributed by atoms with E-state index in [2.05, 4.69) is 10.6 Å². The smallest absolute Gasteiger partial charge is 0.257 e. The first kappa shape index (κ1) is 23.9. The van der Waals surface area contributed by atoms with Crippen LogP contribution in [0.3, 0.4) is 0 Å². The quantitative estimate of drug-likeness (QED) is 0.468. The highest BCUT2D eigenvalue weighted by Gasteiger charge is 2.13. The molecule has 0 aliphatic heterocycles. The van der Waals surface area contributed by atoms with E-state index in [0.717, 1.165) is 12.0 Å². The van der Waals surface area contributed by atoms with Gasteiger partial charge in [-0.15, -0.1) is 0 Å². The van der Waals surface area contributed by atoms with Crippen molar-refractivity contribution in [2.75, 3.05) is 19.0 Å². The van der Waals surface area contributed by atoms with Crippen molar-refractivity contribution in [3.63, 3.8) is 0 Å². The second-order valence-corrected chi connectivity index (χ2v) is 7.92. The van der Waals surface area contributed by atoms with Crippen LogP contribution in [-0.4, -0.2) is 35.5 Å². The Hall–Kier alpha value is -3.71. The summed E-state index contributed by atoms with van der Waals surface area (Å²) in [6.07, 6.45) is 0.915. The number of anilines is 1. The summed E-state index contributed by atoms with van der Waals surface area (Å²) < 4.78 is 5.53. The molecule has 0 saturated heterocycles. The number of thiocarbonyl (C=S) groups is 1. The first-order valence-electron chi connectivity index (χ1n) is 10.7. The number of carbonyl (C=O) groups is 2. The monoisotopic (exact) mass is 461 g/mol. The normalized spacial score (nSPS) is 10.2. The molecule has 0 fully saturated rings. The number of nitrogens with zero attached hydrogens (tertiary/aromatic N) is 1. The Morgan fingerprint density at radius 2 is 1.67 bits per heavy atom. The molecule has 6 nitrogen and oxygen atoms in total. The third kappa shape index (κ3) is 7.15. The van der Waals surface area contributed by atoms with Crippen molar-refractivity contribution in [1.29, 1.82) is 0 Å². The molecular weight excluding hydrogens is 434 g/mol. The highest BCUT2D eigenvalue weighted by Crippen LogP contribution is 2.15. The molecule has 0 bridgehead atoms. The van der Waals surface area contributed by atoms with Gasteiger partial charge in [-0.2, -0.15) is 0 Å². The summed E-state index contributed by atoms with van der Waals surface area (Å²) in [6, 6.07) is 23.7. The second kappa shape index (κ2) is 11.8. The number of hydrogen-bond acceptors (Lipinski definition) is 4. The minimum atomic E-state index is -0.329. The summed E-state index contributed by atoms with van der Waals surface area (Å²) in [6.45, 7) is 3.17. The molecule has 170 valence electrons. The van der Waals surface area contributed by atoms with E-state index in [0.29, 0.717) is 35.7 Å². The van der Waals surface area contributed by atoms with Gasteiger partial charge >= 0.3 is 0 Å². The number of nitrogens with one attached hydrogen (secondary N) is 2. The number of hydrogen-bond donors (Lipinski definition) is 2. The standard InChI is InChI=1S/C26H27N3O3S/c1-3-16-32-23-14-12-20(13-15-23)24(30)28-26(33)27-22-11-7-10-21(17-22)25(31)29(2)18-19-8-5-4-6-9-19/h4-15,17H,3,16,18H2,1-2H3,(H2,27,28,30,33). The Balaban J connectivity index is 1.57. The van der Waals surface area contributed by atoms with E-state index in [4.69, 9.17) is 17.0 Å². The Bertz CT molecular complexity index is 1100. The summed E-state index contributed by atoms with van der Waals surface area (Å²) in [5, 5.41) is 5.77. The number of rotatable bonds is 8. The van der Waals surface area contributed by atoms with Crippen LogP contribution in [0.5, 0.6) is 5.75 Å². The van der Waals surface area contributed by atoms with Crippen LogP contribution in [0.15, 0.2) is 78.9 Å². The summed E-state index contributed by atoms with van der Waals surface area (Å²) in [5.74, 6) is 0.278. The number of ether oxygens (including phenoxy) is 1. The van der Waals surface area contributed by atoms with Crippen molar-refractivity contribution in [1.82, 2.24) is 10.2 Å². The molecule has 3 aromatic rings. The molecule has 0 unspecified atom stereocenters. The Morgan fingerprint density at radius 1 is 0.939 bits per heavy atom. The second-order valence-electron chi connectivity index (χ2n) is 7.51. The molecule has 0 saturated carbocycles. The van der Waals surface area contributed by atoms with E-state index in [-0.39, 0.29) is 16.9 Å². The molecule has 2 amide bonds. The van der Waals surface area contributed by atoms with Gasteiger partial charge in [0.1, 0.15) is 5.75 Å². The van der Waals surface area contributed by atoms with E-state index in [1.54, 1.807) is 60.5 Å². The molecule has 0 radical (unpaired) electrons. The fraction of sp³-hybridized carbons (Fsp3) is 0.192. The highest BCUT2D eigenvalue weighted by atomic mass is 32.1. The lowest BCUT2D eigenvalue weighted by atomic mass is 10.1. The van der Waals surface area contributed by atoms with Gasteiger partial charge in [-0.3, -0.25) is 14.9 Å². The van der Waals surface area contributed by atoms with Crippen LogP contribution in [0, 0.1) is 0 Å². The largest absolute Gasteiger partial charge is 0.494 e. The summed E-state index contributed by atoms with van der Waals surface area (Å²) in [4.78, 5) is 27.0. The van der Waals surface area contributed by atoms with Crippen LogP contribution in [-0.2, 0) is 6.54 Å². The fourth-order valence-electron chi connectivity index (χ4n) is 3.14. The Kier molecular flexibility index (Phi) is 8.55. The third-order valence-electron chi connectivity index (χ3n) is 4.79. The van der Waals surface area contributed by atoms with E-state index in [1.165, 1.54) is 0 Å². The zero-order valence-corrected chi connectivity index (χ0v) is 19.5. The molecule has 3 rings (SSSR count). The van der Waals surface area contributed by atoms with Crippen LogP contribution in [0.2, 0.25) is 0 Å². The molecule has 0 spiro atoms. The maximum absolute atomic E-state index is 12.8. The van der Waals surface area contributed by atoms with Crippen molar-refractivity contribution in [3.8, 4) is 5.75 Å². The molecule has 33 heavy (non-hydrogen) atoms. The lowest BCUT2D eigenvalue weighted by molar-refractivity contribution is 0.0785. The predicted octanol–water partition coefficient (Wildman–Crippen LogP) is 4.87. The van der Waals surface area contributed by atoms with E-state index in [9.17, 15) is 9.59 Å². The van der Waals surface area contributed by atoms with Crippen molar-refractivity contribution in [3.05, 3.63) is 95.6 Å². The van der Waals surface area contributed by atoms with Crippen LogP contribution in [0.4, 0.5) is 5.69 Å². The molecule has 7 heteroatoms. The van der Waals surface area contributed by atoms with Gasteiger partial charge in [0, 0.05) is 30.4 Å². The topological polar surface area (TPSA) is 70.7 Å².